The Hall–Kier alpha value is -1.82. The fourth-order valence-corrected chi connectivity index (χ4v) is 1.35. The molecular weight excluding hydrogens is 214 g/mol. The summed E-state index contributed by atoms with van der Waals surface area (Å²) in [6.07, 6.45) is -0.191. The van der Waals surface area contributed by atoms with E-state index in [1.165, 1.54) is 26.5 Å². The van der Waals surface area contributed by atoms with E-state index in [0.717, 1.165) is 0 Å². The molecule has 1 rings (SSSR count). The summed E-state index contributed by atoms with van der Waals surface area (Å²) in [6, 6.07) is 1.53. The van der Waals surface area contributed by atoms with Gasteiger partial charge in [-0.2, -0.15) is 0 Å². The fraction of sp³-hybridized carbons (Fsp3) is 0.400. The van der Waals surface area contributed by atoms with Gasteiger partial charge in [0.1, 0.15) is 5.75 Å². The van der Waals surface area contributed by atoms with Crippen molar-refractivity contribution in [2.24, 2.45) is 0 Å². The molecule has 0 bridgehead atoms. The van der Waals surface area contributed by atoms with Crippen LogP contribution >= 0.6 is 0 Å². The number of aliphatic hydroxyl groups excluding tert-OH is 1. The van der Waals surface area contributed by atoms with Crippen LogP contribution in [0, 0.1) is 0 Å². The van der Waals surface area contributed by atoms with Gasteiger partial charge in [0.15, 0.2) is 0 Å². The van der Waals surface area contributed by atoms with Gasteiger partial charge in [0, 0.05) is 6.20 Å². The van der Waals surface area contributed by atoms with Crippen molar-refractivity contribution < 1.29 is 24.5 Å². The lowest BCUT2D eigenvalue weighted by molar-refractivity contribution is -0.139. The molecule has 1 heterocycles. The summed E-state index contributed by atoms with van der Waals surface area (Å²) in [6.45, 7) is 0. The maximum absolute atomic E-state index is 10.5. The highest BCUT2D eigenvalue weighted by atomic mass is 16.5. The smallest absolute Gasteiger partial charge is 0.306 e. The van der Waals surface area contributed by atoms with Gasteiger partial charge in [-0.1, -0.05) is 0 Å². The lowest BCUT2D eigenvalue weighted by atomic mass is 10.1. The molecule has 0 saturated heterocycles. The van der Waals surface area contributed by atoms with Gasteiger partial charge in [-0.15, -0.1) is 0 Å². The van der Waals surface area contributed by atoms with Crippen molar-refractivity contribution in [3.05, 3.63) is 17.8 Å². The third-order valence-corrected chi connectivity index (χ3v) is 2.03. The van der Waals surface area contributed by atoms with Crippen LogP contribution in [0.5, 0.6) is 11.6 Å². The highest BCUT2D eigenvalue weighted by molar-refractivity contribution is 5.68. The van der Waals surface area contributed by atoms with Gasteiger partial charge in [-0.3, -0.25) is 4.79 Å². The van der Waals surface area contributed by atoms with Crippen molar-refractivity contribution in [2.75, 3.05) is 14.2 Å². The van der Waals surface area contributed by atoms with Gasteiger partial charge in [0.25, 0.3) is 0 Å². The second-order valence-corrected chi connectivity index (χ2v) is 3.05. The minimum atomic E-state index is -1.21. The number of aliphatic carboxylic acids is 1. The molecular formula is C10H13NO5. The molecule has 0 saturated carbocycles. The Bertz CT molecular complexity index is 357. The molecule has 0 radical (unpaired) electrons. The molecule has 0 aliphatic heterocycles. The van der Waals surface area contributed by atoms with Gasteiger partial charge >= 0.3 is 5.97 Å². The number of carboxylic acid groups (broad SMARTS) is 1. The molecule has 0 fully saturated rings. The first kappa shape index (κ1) is 12.3. The van der Waals surface area contributed by atoms with Gasteiger partial charge < -0.3 is 19.7 Å². The van der Waals surface area contributed by atoms with E-state index in [9.17, 15) is 9.90 Å². The second-order valence-electron chi connectivity index (χ2n) is 3.05. The van der Waals surface area contributed by atoms with Gasteiger partial charge in [0.2, 0.25) is 5.88 Å². The number of carboxylic acids is 1. The molecule has 88 valence electrons. The van der Waals surface area contributed by atoms with E-state index in [1.807, 2.05) is 0 Å². The molecule has 16 heavy (non-hydrogen) atoms. The SMILES string of the molecule is COc1ccnc(OC)c1C(O)CC(=O)O. The van der Waals surface area contributed by atoms with Crippen LogP contribution in [0.2, 0.25) is 0 Å². The van der Waals surface area contributed by atoms with Crippen molar-refractivity contribution in [1.82, 2.24) is 4.98 Å². The summed E-state index contributed by atoms with van der Waals surface area (Å²) in [5.74, 6) is -0.603. The molecule has 0 spiro atoms. The number of rotatable bonds is 5. The molecule has 6 heteroatoms. The molecule has 0 aliphatic carbocycles. The number of hydrogen-bond acceptors (Lipinski definition) is 5. The van der Waals surface area contributed by atoms with Crippen LogP contribution in [0.4, 0.5) is 0 Å². The molecule has 2 N–H and O–H groups in total. The number of carbonyl (C=O) groups is 1. The highest BCUT2D eigenvalue weighted by Crippen LogP contribution is 2.33. The maximum Gasteiger partial charge on any atom is 0.306 e. The number of pyridine rings is 1. The number of aromatic nitrogens is 1. The third-order valence-electron chi connectivity index (χ3n) is 2.03. The van der Waals surface area contributed by atoms with E-state index in [4.69, 9.17) is 14.6 Å². The van der Waals surface area contributed by atoms with Gasteiger partial charge in [-0.05, 0) is 6.07 Å². The average Bonchev–Trinajstić information content (AvgIpc) is 2.26. The molecule has 0 amide bonds. The monoisotopic (exact) mass is 227 g/mol. The lowest BCUT2D eigenvalue weighted by Gasteiger charge is -2.15. The van der Waals surface area contributed by atoms with Crippen molar-refractivity contribution in [1.29, 1.82) is 0 Å². The summed E-state index contributed by atoms with van der Waals surface area (Å²) >= 11 is 0. The Morgan fingerprint density at radius 2 is 2.19 bits per heavy atom. The predicted molar refractivity (Wildman–Crippen MR) is 54.6 cm³/mol. The molecule has 0 aromatic carbocycles. The summed E-state index contributed by atoms with van der Waals surface area (Å²) in [4.78, 5) is 14.4. The maximum atomic E-state index is 10.5. The zero-order chi connectivity index (χ0) is 12.1. The zero-order valence-electron chi connectivity index (χ0n) is 9.01. The van der Waals surface area contributed by atoms with E-state index < -0.39 is 18.5 Å². The van der Waals surface area contributed by atoms with E-state index in [-0.39, 0.29) is 11.4 Å². The van der Waals surface area contributed by atoms with Crippen LogP contribution in [0.3, 0.4) is 0 Å². The summed E-state index contributed by atoms with van der Waals surface area (Å²) < 4.78 is 9.96. The summed E-state index contributed by atoms with van der Waals surface area (Å²) in [5, 5.41) is 18.3. The van der Waals surface area contributed by atoms with Crippen molar-refractivity contribution >= 4 is 5.97 Å². The molecule has 1 atom stereocenters. The lowest BCUT2D eigenvalue weighted by Crippen LogP contribution is -2.09. The first-order chi connectivity index (χ1) is 7.60. The van der Waals surface area contributed by atoms with Crippen molar-refractivity contribution in [2.45, 2.75) is 12.5 Å². The number of methoxy groups -OCH3 is 2. The first-order valence-electron chi connectivity index (χ1n) is 4.56. The normalized spacial score (nSPS) is 11.9. The highest BCUT2D eigenvalue weighted by Gasteiger charge is 2.22. The Balaban J connectivity index is 3.12. The van der Waals surface area contributed by atoms with Crippen LogP contribution < -0.4 is 9.47 Å². The van der Waals surface area contributed by atoms with Crippen molar-refractivity contribution in [3.63, 3.8) is 0 Å². The molecule has 0 aliphatic rings. The standard InChI is InChI=1S/C10H13NO5/c1-15-7-3-4-11-10(16-2)9(7)6(12)5-8(13)14/h3-4,6,12H,5H2,1-2H3,(H,13,14). The third kappa shape index (κ3) is 2.60. The minimum absolute atomic E-state index is 0.160. The molecule has 1 aromatic rings. The fourth-order valence-electron chi connectivity index (χ4n) is 1.35. The predicted octanol–water partition coefficient (Wildman–Crippen LogP) is 0.607. The Morgan fingerprint density at radius 1 is 1.50 bits per heavy atom. The summed E-state index contributed by atoms with van der Waals surface area (Å²) in [7, 11) is 2.81. The van der Waals surface area contributed by atoms with Crippen LogP contribution in [0.15, 0.2) is 12.3 Å². The number of nitrogens with zero attached hydrogens (tertiary/aromatic N) is 1. The summed E-state index contributed by atoms with van der Waals surface area (Å²) in [5.41, 5.74) is 0.245. The largest absolute Gasteiger partial charge is 0.496 e. The molecule has 6 nitrogen and oxygen atoms in total. The van der Waals surface area contributed by atoms with E-state index >= 15 is 0 Å². The Labute approximate surface area is 92.5 Å². The van der Waals surface area contributed by atoms with Gasteiger partial charge in [-0.25, -0.2) is 4.98 Å². The number of ether oxygens (including phenoxy) is 2. The van der Waals surface area contributed by atoms with Crippen LogP contribution in [0.25, 0.3) is 0 Å². The average molecular weight is 227 g/mol. The minimum Gasteiger partial charge on any atom is -0.496 e. The van der Waals surface area contributed by atoms with Crippen molar-refractivity contribution in [3.8, 4) is 11.6 Å². The topological polar surface area (TPSA) is 88.9 Å². The number of aliphatic hydroxyl groups is 1. The number of hydrogen-bond donors (Lipinski definition) is 2. The Morgan fingerprint density at radius 3 is 2.69 bits per heavy atom. The van der Waals surface area contributed by atoms with Crippen LogP contribution in [-0.2, 0) is 4.79 Å². The van der Waals surface area contributed by atoms with E-state index in [0.29, 0.717) is 5.75 Å². The second kappa shape index (κ2) is 5.32. The van der Waals surface area contributed by atoms with Gasteiger partial charge in [0.05, 0.1) is 32.3 Å². The van der Waals surface area contributed by atoms with E-state index in [1.54, 1.807) is 0 Å². The first-order valence-corrected chi connectivity index (χ1v) is 4.56. The van der Waals surface area contributed by atoms with E-state index in [2.05, 4.69) is 4.98 Å². The molecule has 1 unspecified atom stereocenters. The molecule has 1 aromatic heterocycles. The van der Waals surface area contributed by atoms with Crippen LogP contribution in [-0.4, -0.2) is 35.4 Å². The zero-order valence-corrected chi connectivity index (χ0v) is 9.01. The Kier molecular flexibility index (Phi) is 4.07. The quantitative estimate of drug-likeness (QED) is 0.766. The van der Waals surface area contributed by atoms with Crippen LogP contribution in [0.1, 0.15) is 18.1 Å².